The number of aliphatic imine (C=N–C) groups is 1. The first kappa shape index (κ1) is 21.8. The highest BCUT2D eigenvalue weighted by Gasteiger charge is 2.33. The smallest absolute Gasteiger partial charge is 0.191 e. The van der Waals surface area contributed by atoms with Crippen LogP contribution in [-0.2, 0) is 4.74 Å². The van der Waals surface area contributed by atoms with E-state index in [1.807, 2.05) is 18.2 Å². The van der Waals surface area contributed by atoms with E-state index in [1.165, 1.54) is 0 Å². The van der Waals surface area contributed by atoms with Crippen molar-refractivity contribution in [2.75, 3.05) is 40.5 Å². The molecule has 0 amide bonds. The first-order valence-electron chi connectivity index (χ1n) is 8.36. The molecule has 0 saturated carbocycles. The predicted molar refractivity (Wildman–Crippen MR) is 111 cm³/mol. The molecular formula is C18H30IN3O3. The largest absolute Gasteiger partial charge is 0.497 e. The fourth-order valence-electron chi connectivity index (χ4n) is 2.59. The Balaban J connectivity index is 0.00000312. The fraction of sp³-hybridized carbons (Fsp3) is 0.611. The molecule has 1 unspecified atom stereocenters. The Kier molecular flexibility index (Phi) is 8.78. The molecule has 1 fully saturated rings. The zero-order valence-electron chi connectivity index (χ0n) is 15.7. The quantitative estimate of drug-likeness (QED) is 0.370. The van der Waals surface area contributed by atoms with Gasteiger partial charge < -0.3 is 24.8 Å². The summed E-state index contributed by atoms with van der Waals surface area (Å²) in [5.41, 5.74) is 1.18. The molecule has 1 heterocycles. The van der Waals surface area contributed by atoms with Crippen molar-refractivity contribution in [1.82, 2.24) is 10.6 Å². The van der Waals surface area contributed by atoms with Crippen LogP contribution in [0.25, 0.3) is 0 Å². The van der Waals surface area contributed by atoms with Gasteiger partial charge in [-0.15, -0.1) is 24.0 Å². The molecule has 0 spiro atoms. The average molecular weight is 463 g/mol. The Morgan fingerprint density at radius 2 is 2.04 bits per heavy atom. The van der Waals surface area contributed by atoms with Gasteiger partial charge in [-0.05, 0) is 32.0 Å². The van der Waals surface area contributed by atoms with Crippen molar-refractivity contribution in [3.05, 3.63) is 23.8 Å². The summed E-state index contributed by atoms with van der Waals surface area (Å²) in [6.07, 6.45) is 0. The molecule has 2 N–H and O–H groups in total. The summed E-state index contributed by atoms with van der Waals surface area (Å²) >= 11 is 0. The maximum atomic E-state index is 5.48. The minimum atomic E-state index is 0. The first-order chi connectivity index (χ1) is 11.5. The number of benzene rings is 1. The van der Waals surface area contributed by atoms with Crippen molar-refractivity contribution in [1.29, 1.82) is 0 Å². The highest BCUT2D eigenvalue weighted by Crippen LogP contribution is 2.29. The lowest BCUT2D eigenvalue weighted by Gasteiger charge is -2.36. The van der Waals surface area contributed by atoms with Gasteiger partial charge in [0.1, 0.15) is 11.5 Å². The number of rotatable bonds is 7. The second-order valence-electron chi connectivity index (χ2n) is 6.47. The number of ether oxygens (including phenoxy) is 3. The maximum Gasteiger partial charge on any atom is 0.191 e. The highest BCUT2D eigenvalue weighted by molar-refractivity contribution is 14.0. The number of halogens is 1. The molecule has 0 radical (unpaired) electrons. The minimum absolute atomic E-state index is 0. The third kappa shape index (κ3) is 5.91. The maximum absolute atomic E-state index is 5.48. The molecular weight excluding hydrogens is 433 g/mol. The predicted octanol–water partition coefficient (Wildman–Crippen LogP) is 2.97. The van der Waals surface area contributed by atoms with E-state index in [-0.39, 0.29) is 35.4 Å². The molecule has 1 aliphatic heterocycles. The summed E-state index contributed by atoms with van der Waals surface area (Å²) in [6, 6.07) is 5.83. The summed E-state index contributed by atoms with van der Waals surface area (Å²) in [4.78, 5) is 4.71. The van der Waals surface area contributed by atoms with Crippen molar-refractivity contribution < 1.29 is 14.2 Å². The third-order valence-electron chi connectivity index (χ3n) is 4.12. The molecule has 142 valence electrons. The van der Waals surface area contributed by atoms with E-state index in [1.54, 1.807) is 14.2 Å². The molecule has 1 aliphatic rings. The van der Waals surface area contributed by atoms with Crippen LogP contribution in [0.1, 0.15) is 32.4 Å². The number of hydrogen-bond acceptors (Lipinski definition) is 4. The lowest BCUT2D eigenvalue weighted by molar-refractivity contribution is -0.0945. The Hall–Kier alpha value is -1.22. The van der Waals surface area contributed by atoms with Gasteiger partial charge in [-0.1, -0.05) is 6.92 Å². The summed E-state index contributed by atoms with van der Waals surface area (Å²) in [6.45, 7) is 9.42. The number of methoxy groups -OCH3 is 2. The van der Waals surface area contributed by atoms with Crippen LogP contribution >= 0.6 is 24.0 Å². The summed E-state index contributed by atoms with van der Waals surface area (Å²) in [5.74, 6) is 2.43. The van der Waals surface area contributed by atoms with Gasteiger partial charge in [0.15, 0.2) is 5.96 Å². The van der Waals surface area contributed by atoms with Crippen LogP contribution in [0.2, 0.25) is 0 Å². The Morgan fingerprint density at radius 3 is 2.56 bits per heavy atom. The van der Waals surface area contributed by atoms with Gasteiger partial charge >= 0.3 is 0 Å². The van der Waals surface area contributed by atoms with Gasteiger partial charge in [-0.3, -0.25) is 4.99 Å². The minimum Gasteiger partial charge on any atom is -0.497 e. The van der Waals surface area contributed by atoms with E-state index in [0.717, 1.165) is 49.3 Å². The van der Waals surface area contributed by atoms with Crippen molar-refractivity contribution in [2.45, 2.75) is 26.8 Å². The zero-order valence-corrected chi connectivity index (χ0v) is 18.0. The molecule has 0 aliphatic carbocycles. The molecule has 1 aromatic carbocycles. The lowest BCUT2D eigenvalue weighted by atomic mass is 9.89. The molecule has 6 nitrogen and oxygen atoms in total. The summed E-state index contributed by atoms with van der Waals surface area (Å²) in [5, 5.41) is 6.74. The van der Waals surface area contributed by atoms with Gasteiger partial charge in [-0.2, -0.15) is 0 Å². The molecule has 25 heavy (non-hydrogen) atoms. The Labute approximate surface area is 167 Å². The van der Waals surface area contributed by atoms with Crippen LogP contribution < -0.4 is 20.1 Å². The van der Waals surface area contributed by atoms with Crippen LogP contribution in [0.5, 0.6) is 11.5 Å². The van der Waals surface area contributed by atoms with Crippen LogP contribution in [-0.4, -0.2) is 46.5 Å². The molecule has 2 rings (SSSR count). The summed E-state index contributed by atoms with van der Waals surface area (Å²) in [7, 11) is 3.34. The molecule has 1 aromatic rings. The van der Waals surface area contributed by atoms with Crippen LogP contribution in [0.4, 0.5) is 0 Å². The number of nitrogens with zero attached hydrogens (tertiary/aromatic N) is 1. The lowest BCUT2D eigenvalue weighted by Crippen LogP contribution is -2.44. The van der Waals surface area contributed by atoms with Gasteiger partial charge in [0.2, 0.25) is 0 Å². The van der Waals surface area contributed by atoms with Crippen LogP contribution in [0.15, 0.2) is 23.2 Å². The Bertz CT molecular complexity index is 577. The highest BCUT2D eigenvalue weighted by atomic mass is 127. The van der Waals surface area contributed by atoms with E-state index in [2.05, 4.69) is 31.4 Å². The number of nitrogens with one attached hydrogen (secondary N) is 2. The normalized spacial score (nSPS) is 16.9. The zero-order chi connectivity index (χ0) is 17.6. The molecule has 0 bridgehead atoms. The Morgan fingerprint density at radius 1 is 1.32 bits per heavy atom. The van der Waals surface area contributed by atoms with E-state index >= 15 is 0 Å². The molecule has 0 aromatic heterocycles. The van der Waals surface area contributed by atoms with E-state index in [0.29, 0.717) is 0 Å². The van der Waals surface area contributed by atoms with E-state index in [4.69, 9.17) is 19.2 Å². The van der Waals surface area contributed by atoms with Crippen LogP contribution in [0.3, 0.4) is 0 Å². The third-order valence-corrected chi connectivity index (χ3v) is 4.12. The van der Waals surface area contributed by atoms with Gasteiger partial charge in [-0.25, -0.2) is 0 Å². The standard InChI is InChI=1S/C18H29N3O3.HI/c1-6-19-17(20-10-18(3)11-24-12-18)21-13(2)15-9-14(22-4)7-8-16(15)23-5;/h7-9,13H,6,10-12H2,1-5H3,(H2,19,20,21);1H. The fourth-order valence-corrected chi connectivity index (χ4v) is 2.59. The van der Waals surface area contributed by atoms with Crippen molar-refractivity contribution >= 4 is 29.9 Å². The number of hydrogen-bond donors (Lipinski definition) is 2. The van der Waals surface area contributed by atoms with Crippen molar-refractivity contribution in [3.8, 4) is 11.5 Å². The SMILES string of the molecule is CCNC(=NCC1(C)COC1)NC(C)c1cc(OC)ccc1OC.I. The molecule has 1 saturated heterocycles. The van der Waals surface area contributed by atoms with Crippen molar-refractivity contribution in [3.63, 3.8) is 0 Å². The average Bonchev–Trinajstić information content (AvgIpc) is 2.57. The number of guanidine groups is 1. The van der Waals surface area contributed by atoms with E-state index in [9.17, 15) is 0 Å². The second kappa shape index (κ2) is 10.1. The second-order valence-corrected chi connectivity index (χ2v) is 6.47. The van der Waals surface area contributed by atoms with Gasteiger partial charge in [0.25, 0.3) is 0 Å². The molecule has 1 atom stereocenters. The van der Waals surface area contributed by atoms with E-state index < -0.39 is 0 Å². The molecule has 7 heteroatoms. The van der Waals surface area contributed by atoms with Crippen LogP contribution in [0, 0.1) is 5.41 Å². The van der Waals surface area contributed by atoms with Crippen molar-refractivity contribution in [2.24, 2.45) is 10.4 Å². The topological polar surface area (TPSA) is 64.1 Å². The van der Waals surface area contributed by atoms with Gasteiger partial charge in [0.05, 0.1) is 40.0 Å². The monoisotopic (exact) mass is 463 g/mol. The summed E-state index contributed by atoms with van der Waals surface area (Å²) < 4.78 is 16.1. The van der Waals surface area contributed by atoms with Gasteiger partial charge in [0, 0.05) is 17.5 Å². The first-order valence-corrected chi connectivity index (χ1v) is 8.36.